The topological polar surface area (TPSA) is 85.2 Å². The van der Waals surface area contributed by atoms with Gasteiger partial charge in [-0.25, -0.2) is 4.98 Å². The lowest BCUT2D eigenvalue weighted by Gasteiger charge is -2.29. The van der Waals surface area contributed by atoms with Gasteiger partial charge in [0.1, 0.15) is 5.82 Å². The van der Waals surface area contributed by atoms with Gasteiger partial charge in [-0.15, -0.1) is 0 Å². The molecule has 1 aliphatic carbocycles. The summed E-state index contributed by atoms with van der Waals surface area (Å²) in [5.74, 6) is 0.886. The van der Waals surface area contributed by atoms with Gasteiger partial charge in [0.2, 0.25) is 0 Å². The van der Waals surface area contributed by atoms with E-state index in [0.717, 1.165) is 6.54 Å². The lowest BCUT2D eigenvalue weighted by Crippen LogP contribution is -2.35. The molecule has 4 N–H and O–H groups in total. The molecule has 0 atom stereocenters. The third-order valence-electron chi connectivity index (χ3n) is 3.20. The molecule has 5 heteroatoms. The Morgan fingerprint density at radius 3 is 2.72 bits per heavy atom. The Bertz CT molecular complexity index is 454. The summed E-state index contributed by atoms with van der Waals surface area (Å²) in [5, 5.41) is 0. The predicted molar refractivity (Wildman–Crippen MR) is 72.4 cm³/mol. The van der Waals surface area contributed by atoms with Gasteiger partial charge >= 0.3 is 0 Å². The predicted octanol–water partition coefficient (Wildman–Crippen LogP) is 1.39. The first-order valence-electron chi connectivity index (χ1n) is 6.31. The Labute approximate surface area is 107 Å². The van der Waals surface area contributed by atoms with E-state index in [1.165, 1.54) is 12.8 Å². The summed E-state index contributed by atoms with van der Waals surface area (Å²) >= 11 is 0. The number of pyridine rings is 1. The summed E-state index contributed by atoms with van der Waals surface area (Å²) in [5.41, 5.74) is 11.9. The van der Waals surface area contributed by atoms with Gasteiger partial charge in [-0.2, -0.15) is 0 Å². The van der Waals surface area contributed by atoms with Gasteiger partial charge in [0.15, 0.2) is 0 Å². The Balaban J connectivity index is 2.35. The van der Waals surface area contributed by atoms with Gasteiger partial charge < -0.3 is 16.4 Å². The largest absolute Gasteiger partial charge is 0.397 e. The van der Waals surface area contributed by atoms with Crippen LogP contribution in [0.2, 0.25) is 0 Å². The molecule has 5 nitrogen and oxygen atoms in total. The normalized spacial score (nSPS) is 14.8. The zero-order valence-corrected chi connectivity index (χ0v) is 10.9. The van der Waals surface area contributed by atoms with Crippen LogP contribution in [0.4, 0.5) is 11.5 Å². The average molecular weight is 248 g/mol. The van der Waals surface area contributed by atoms with E-state index < -0.39 is 5.91 Å². The summed E-state index contributed by atoms with van der Waals surface area (Å²) in [6.07, 6.45) is 4.08. The first kappa shape index (κ1) is 12.7. The maximum atomic E-state index is 11.5. The van der Waals surface area contributed by atoms with Gasteiger partial charge in [0.05, 0.1) is 17.4 Å². The number of carbonyl (C=O) groups excluding carboxylic acids is 1. The molecule has 0 aliphatic heterocycles. The molecule has 18 heavy (non-hydrogen) atoms. The number of aromatic nitrogens is 1. The first-order chi connectivity index (χ1) is 8.49. The Morgan fingerprint density at radius 2 is 2.22 bits per heavy atom. The second-order valence-electron chi connectivity index (χ2n) is 5.19. The highest BCUT2D eigenvalue weighted by Gasteiger charge is 2.28. The van der Waals surface area contributed by atoms with Crippen LogP contribution in [-0.4, -0.2) is 23.5 Å². The Morgan fingerprint density at radius 1 is 1.56 bits per heavy atom. The molecule has 1 amide bonds. The summed E-state index contributed by atoms with van der Waals surface area (Å²) in [7, 11) is 0. The van der Waals surface area contributed by atoms with Gasteiger partial charge in [0.25, 0.3) is 5.91 Å². The zero-order valence-electron chi connectivity index (χ0n) is 10.9. The monoisotopic (exact) mass is 248 g/mol. The summed E-state index contributed by atoms with van der Waals surface area (Å²) < 4.78 is 0. The SMILES string of the molecule is CC(C)N(CC1CC1)c1ncc(N)cc1C(N)=O. The third-order valence-corrected chi connectivity index (χ3v) is 3.20. The maximum Gasteiger partial charge on any atom is 0.252 e. The van der Waals surface area contributed by atoms with Crippen molar-refractivity contribution in [2.45, 2.75) is 32.7 Å². The zero-order chi connectivity index (χ0) is 13.3. The fourth-order valence-corrected chi connectivity index (χ4v) is 2.00. The molecular formula is C13H20N4O. The molecule has 1 aromatic rings. The van der Waals surface area contributed by atoms with Crippen LogP contribution in [-0.2, 0) is 0 Å². The van der Waals surface area contributed by atoms with E-state index in [2.05, 4.69) is 23.7 Å². The number of nitrogens with zero attached hydrogens (tertiary/aromatic N) is 2. The molecule has 1 heterocycles. The van der Waals surface area contributed by atoms with Crippen molar-refractivity contribution < 1.29 is 4.79 Å². The van der Waals surface area contributed by atoms with Crippen LogP contribution >= 0.6 is 0 Å². The maximum absolute atomic E-state index is 11.5. The second-order valence-corrected chi connectivity index (χ2v) is 5.19. The molecule has 1 saturated carbocycles. The number of anilines is 2. The fourth-order valence-electron chi connectivity index (χ4n) is 2.00. The molecule has 2 rings (SSSR count). The smallest absolute Gasteiger partial charge is 0.252 e. The van der Waals surface area contributed by atoms with E-state index in [4.69, 9.17) is 11.5 Å². The minimum Gasteiger partial charge on any atom is -0.397 e. The number of nitrogens with two attached hydrogens (primary N) is 2. The standard InChI is InChI=1S/C13H20N4O/c1-8(2)17(7-9-3-4-9)13-11(12(15)18)5-10(14)6-16-13/h5-6,8-9H,3-4,7,14H2,1-2H3,(H2,15,18). The second kappa shape index (κ2) is 4.84. The minimum atomic E-state index is -0.480. The van der Waals surface area contributed by atoms with Crippen molar-refractivity contribution in [2.24, 2.45) is 11.7 Å². The number of nitrogen functional groups attached to an aromatic ring is 1. The molecule has 0 spiro atoms. The van der Waals surface area contributed by atoms with Gasteiger partial charge in [-0.3, -0.25) is 4.79 Å². The highest BCUT2D eigenvalue weighted by molar-refractivity contribution is 5.98. The average Bonchev–Trinajstić information content (AvgIpc) is 3.09. The van der Waals surface area contributed by atoms with Gasteiger partial charge in [-0.05, 0) is 38.7 Å². The molecule has 0 saturated heterocycles. The third kappa shape index (κ3) is 2.72. The van der Waals surface area contributed by atoms with E-state index in [1.807, 2.05) is 0 Å². The molecule has 0 aromatic carbocycles. The van der Waals surface area contributed by atoms with E-state index in [-0.39, 0.29) is 6.04 Å². The van der Waals surface area contributed by atoms with Crippen LogP contribution in [0.15, 0.2) is 12.3 Å². The first-order valence-corrected chi connectivity index (χ1v) is 6.31. The quantitative estimate of drug-likeness (QED) is 0.824. The van der Waals surface area contributed by atoms with Crippen molar-refractivity contribution in [2.75, 3.05) is 17.2 Å². The van der Waals surface area contributed by atoms with Crippen molar-refractivity contribution in [3.8, 4) is 0 Å². The molecular weight excluding hydrogens is 228 g/mol. The fraction of sp³-hybridized carbons (Fsp3) is 0.538. The highest BCUT2D eigenvalue weighted by Crippen LogP contribution is 2.33. The van der Waals surface area contributed by atoms with Crippen molar-refractivity contribution in [3.63, 3.8) is 0 Å². The summed E-state index contributed by atoms with van der Waals surface area (Å²) in [6, 6.07) is 1.88. The summed E-state index contributed by atoms with van der Waals surface area (Å²) in [4.78, 5) is 17.9. The van der Waals surface area contributed by atoms with Crippen LogP contribution in [0.5, 0.6) is 0 Å². The highest BCUT2D eigenvalue weighted by atomic mass is 16.1. The Hall–Kier alpha value is -1.78. The number of amides is 1. The van der Waals surface area contributed by atoms with Crippen molar-refractivity contribution >= 4 is 17.4 Å². The van der Waals surface area contributed by atoms with Crippen molar-refractivity contribution in [1.29, 1.82) is 0 Å². The van der Waals surface area contributed by atoms with E-state index >= 15 is 0 Å². The number of rotatable bonds is 5. The number of carbonyl (C=O) groups is 1. The van der Waals surface area contributed by atoms with E-state index in [1.54, 1.807) is 12.3 Å². The van der Waals surface area contributed by atoms with Gasteiger partial charge in [0, 0.05) is 12.6 Å². The van der Waals surface area contributed by atoms with Crippen LogP contribution in [0.1, 0.15) is 37.0 Å². The lowest BCUT2D eigenvalue weighted by molar-refractivity contribution is 0.100. The molecule has 98 valence electrons. The molecule has 1 aromatic heterocycles. The number of hydrogen-bond acceptors (Lipinski definition) is 4. The minimum absolute atomic E-state index is 0.278. The Kier molecular flexibility index (Phi) is 3.41. The molecule has 1 fully saturated rings. The van der Waals surface area contributed by atoms with Crippen LogP contribution in [0.25, 0.3) is 0 Å². The lowest BCUT2D eigenvalue weighted by atomic mass is 10.1. The number of hydrogen-bond donors (Lipinski definition) is 2. The van der Waals surface area contributed by atoms with Crippen molar-refractivity contribution in [3.05, 3.63) is 17.8 Å². The van der Waals surface area contributed by atoms with Crippen LogP contribution in [0, 0.1) is 5.92 Å². The molecule has 1 aliphatic rings. The van der Waals surface area contributed by atoms with Gasteiger partial charge in [-0.1, -0.05) is 0 Å². The van der Waals surface area contributed by atoms with Crippen molar-refractivity contribution in [1.82, 2.24) is 4.98 Å². The summed E-state index contributed by atoms with van der Waals surface area (Å²) in [6.45, 7) is 5.10. The number of primary amides is 1. The van der Waals surface area contributed by atoms with E-state index in [9.17, 15) is 4.79 Å². The molecule has 0 bridgehead atoms. The van der Waals surface area contributed by atoms with E-state index in [0.29, 0.717) is 23.0 Å². The van der Waals surface area contributed by atoms with Crippen LogP contribution in [0.3, 0.4) is 0 Å². The molecule has 0 radical (unpaired) electrons. The molecule has 0 unspecified atom stereocenters. The van der Waals surface area contributed by atoms with Crippen LogP contribution < -0.4 is 16.4 Å².